The Labute approximate surface area is 136 Å². The molecule has 5 nitrogen and oxygen atoms in total. The maximum atomic E-state index is 12.7. The second-order valence-corrected chi connectivity index (χ2v) is 6.64. The smallest absolute Gasteiger partial charge is 0.295 e. The quantitative estimate of drug-likeness (QED) is 0.672. The number of hydrogen-bond acceptors (Lipinski definition) is 4. The topological polar surface area (TPSA) is 58.6 Å². The first-order chi connectivity index (χ1) is 10.9. The Bertz CT molecular complexity index is 686. The number of anilines is 1. The zero-order valence-electron chi connectivity index (χ0n) is 13.8. The van der Waals surface area contributed by atoms with Crippen LogP contribution in [0.1, 0.15) is 36.7 Å². The lowest BCUT2D eigenvalue weighted by Gasteiger charge is -2.33. The standard InChI is InChI=1S/C18H22N2O3/c1-12-11-18(2,3)19-15-13(12)5-4-6-14(15)16(21)17(22)20-7-9-23-10-8-20/h4-6,11,19H,7-10H2,1-3H3. The number of nitrogens with zero attached hydrogens (tertiary/aromatic N) is 1. The number of fused-ring (bicyclic) bond motifs is 1. The van der Waals surface area contributed by atoms with E-state index < -0.39 is 11.7 Å². The highest BCUT2D eigenvalue weighted by atomic mass is 16.5. The van der Waals surface area contributed by atoms with Crippen LogP contribution in [0.4, 0.5) is 5.69 Å². The number of para-hydroxylation sites is 1. The lowest BCUT2D eigenvalue weighted by molar-refractivity contribution is -0.130. The van der Waals surface area contributed by atoms with Gasteiger partial charge in [-0.2, -0.15) is 0 Å². The number of Topliss-reactive ketones (excluding diaryl/α,β-unsaturated/α-hetero) is 1. The summed E-state index contributed by atoms with van der Waals surface area (Å²) in [6, 6.07) is 5.52. The lowest BCUT2D eigenvalue weighted by atomic mass is 9.88. The second kappa shape index (κ2) is 5.81. The number of carbonyl (C=O) groups excluding carboxylic acids is 2. The second-order valence-electron chi connectivity index (χ2n) is 6.64. The molecule has 2 aliphatic rings. The molecule has 3 rings (SSSR count). The van der Waals surface area contributed by atoms with Gasteiger partial charge in [-0.1, -0.05) is 18.2 Å². The van der Waals surface area contributed by atoms with Crippen LogP contribution >= 0.6 is 0 Å². The molecule has 1 amide bonds. The Hall–Kier alpha value is -2.14. The number of ketones is 1. The SMILES string of the molecule is CC1=CC(C)(C)Nc2c(C(=O)C(=O)N3CCOCC3)cccc21. The molecule has 0 spiro atoms. The fourth-order valence-electron chi connectivity index (χ4n) is 3.21. The summed E-state index contributed by atoms with van der Waals surface area (Å²) in [4.78, 5) is 26.8. The first-order valence-electron chi connectivity index (χ1n) is 7.91. The predicted molar refractivity (Wildman–Crippen MR) is 89.5 cm³/mol. The van der Waals surface area contributed by atoms with E-state index in [2.05, 4.69) is 11.4 Å². The number of carbonyl (C=O) groups is 2. The van der Waals surface area contributed by atoms with Gasteiger partial charge >= 0.3 is 0 Å². The van der Waals surface area contributed by atoms with Crippen molar-refractivity contribution in [3.63, 3.8) is 0 Å². The fraction of sp³-hybridized carbons (Fsp3) is 0.444. The van der Waals surface area contributed by atoms with Crippen LogP contribution in [0.15, 0.2) is 24.3 Å². The van der Waals surface area contributed by atoms with E-state index in [-0.39, 0.29) is 5.54 Å². The summed E-state index contributed by atoms with van der Waals surface area (Å²) in [5, 5.41) is 3.38. The van der Waals surface area contributed by atoms with Crippen LogP contribution in [0.3, 0.4) is 0 Å². The Morgan fingerprint density at radius 1 is 1.22 bits per heavy atom. The third kappa shape index (κ3) is 3.01. The maximum Gasteiger partial charge on any atom is 0.295 e. The Balaban J connectivity index is 1.95. The molecule has 23 heavy (non-hydrogen) atoms. The summed E-state index contributed by atoms with van der Waals surface area (Å²) in [5.74, 6) is -0.907. The van der Waals surface area contributed by atoms with Crippen molar-refractivity contribution >= 4 is 23.0 Å². The summed E-state index contributed by atoms with van der Waals surface area (Å²) in [5.41, 5.74) is 3.03. The van der Waals surface area contributed by atoms with Crippen molar-refractivity contribution in [2.45, 2.75) is 26.3 Å². The molecule has 5 heteroatoms. The molecule has 1 saturated heterocycles. The van der Waals surface area contributed by atoms with E-state index in [1.54, 1.807) is 11.0 Å². The molecule has 0 radical (unpaired) electrons. The van der Waals surface area contributed by atoms with E-state index in [9.17, 15) is 9.59 Å². The van der Waals surface area contributed by atoms with Crippen molar-refractivity contribution in [1.82, 2.24) is 4.90 Å². The van der Waals surface area contributed by atoms with Gasteiger partial charge in [-0.15, -0.1) is 0 Å². The van der Waals surface area contributed by atoms with Gasteiger partial charge < -0.3 is 15.0 Å². The van der Waals surface area contributed by atoms with E-state index >= 15 is 0 Å². The van der Waals surface area contributed by atoms with Crippen molar-refractivity contribution < 1.29 is 14.3 Å². The molecule has 2 aliphatic heterocycles. The average molecular weight is 314 g/mol. The van der Waals surface area contributed by atoms with Gasteiger partial charge in [-0.3, -0.25) is 9.59 Å². The van der Waals surface area contributed by atoms with Crippen molar-refractivity contribution in [2.24, 2.45) is 0 Å². The predicted octanol–water partition coefficient (Wildman–Crippen LogP) is 2.34. The van der Waals surface area contributed by atoms with E-state index in [0.29, 0.717) is 31.9 Å². The molecular weight excluding hydrogens is 292 g/mol. The number of ether oxygens (including phenoxy) is 1. The molecule has 0 saturated carbocycles. The molecule has 122 valence electrons. The van der Waals surface area contributed by atoms with Crippen LogP contribution in [-0.2, 0) is 9.53 Å². The van der Waals surface area contributed by atoms with E-state index in [1.165, 1.54) is 0 Å². The summed E-state index contributed by atoms with van der Waals surface area (Å²) < 4.78 is 5.24. The Kier molecular flexibility index (Phi) is 3.98. The molecular formula is C18H22N2O3. The first kappa shape index (κ1) is 15.7. The van der Waals surface area contributed by atoms with Gasteiger partial charge in [0.05, 0.1) is 30.0 Å². The van der Waals surface area contributed by atoms with Gasteiger partial charge in [0.2, 0.25) is 0 Å². The van der Waals surface area contributed by atoms with Crippen molar-refractivity contribution in [1.29, 1.82) is 0 Å². The molecule has 0 unspecified atom stereocenters. The average Bonchev–Trinajstić information content (AvgIpc) is 2.53. The molecule has 0 bridgehead atoms. The van der Waals surface area contributed by atoms with Crippen LogP contribution in [0.25, 0.3) is 5.57 Å². The lowest BCUT2D eigenvalue weighted by Crippen LogP contribution is -2.44. The van der Waals surface area contributed by atoms with Gasteiger partial charge in [0.25, 0.3) is 11.7 Å². The molecule has 0 atom stereocenters. The Morgan fingerprint density at radius 2 is 1.91 bits per heavy atom. The van der Waals surface area contributed by atoms with Crippen LogP contribution in [-0.4, -0.2) is 48.4 Å². The van der Waals surface area contributed by atoms with Gasteiger partial charge in [0, 0.05) is 18.7 Å². The molecule has 1 fully saturated rings. The highest BCUT2D eigenvalue weighted by molar-refractivity contribution is 6.44. The number of amides is 1. The number of allylic oxidation sites excluding steroid dienone is 1. The number of rotatable bonds is 2. The van der Waals surface area contributed by atoms with E-state index in [1.807, 2.05) is 32.9 Å². The number of benzene rings is 1. The number of hydrogen-bond donors (Lipinski definition) is 1. The van der Waals surface area contributed by atoms with E-state index in [0.717, 1.165) is 16.8 Å². The Morgan fingerprint density at radius 3 is 2.61 bits per heavy atom. The zero-order chi connectivity index (χ0) is 16.6. The summed E-state index contributed by atoms with van der Waals surface area (Å²) >= 11 is 0. The van der Waals surface area contributed by atoms with Crippen LogP contribution in [0.2, 0.25) is 0 Å². The van der Waals surface area contributed by atoms with Gasteiger partial charge in [0.1, 0.15) is 0 Å². The fourth-order valence-corrected chi connectivity index (χ4v) is 3.21. The largest absolute Gasteiger partial charge is 0.378 e. The monoisotopic (exact) mass is 314 g/mol. The maximum absolute atomic E-state index is 12.7. The molecule has 0 aromatic heterocycles. The minimum Gasteiger partial charge on any atom is -0.378 e. The third-order valence-corrected chi connectivity index (χ3v) is 4.25. The van der Waals surface area contributed by atoms with Crippen molar-refractivity contribution in [3.8, 4) is 0 Å². The zero-order valence-corrected chi connectivity index (χ0v) is 13.8. The molecule has 2 heterocycles. The minimum absolute atomic E-state index is 0.254. The highest BCUT2D eigenvalue weighted by Crippen LogP contribution is 2.36. The normalized spacial score (nSPS) is 19.4. The number of nitrogens with one attached hydrogen (secondary N) is 1. The van der Waals surface area contributed by atoms with E-state index in [4.69, 9.17) is 4.74 Å². The van der Waals surface area contributed by atoms with Crippen molar-refractivity contribution in [2.75, 3.05) is 31.6 Å². The highest BCUT2D eigenvalue weighted by Gasteiger charge is 2.31. The number of morpholine rings is 1. The summed E-state index contributed by atoms with van der Waals surface area (Å²) in [7, 11) is 0. The molecule has 1 N–H and O–H groups in total. The van der Waals surface area contributed by atoms with Crippen LogP contribution < -0.4 is 5.32 Å². The molecule has 0 aliphatic carbocycles. The molecule has 1 aromatic carbocycles. The summed E-state index contributed by atoms with van der Waals surface area (Å²) in [6.45, 7) is 8.03. The first-order valence-corrected chi connectivity index (χ1v) is 7.91. The van der Waals surface area contributed by atoms with Crippen molar-refractivity contribution in [3.05, 3.63) is 35.4 Å². The van der Waals surface area contributed by atoms with Gasteiger partial charge in [-0.25, -0.2) is 0 Å². The van der Waals surface area contributed by atoms with Gasteiger partial charge in [0.15, 0.2) is 0 Å². The van der Waals surface area contributed by atoms with Gasteiger partial charge in [-0.05, 0) is 32.4 Å². The van der Waals surface area contributed by atoms with Crippen LogP contribution in [0.5, 0.6) is 0 Å². The third-order valence-electron chi connectivity index (χ3n) is 4.25. The van der Waals surface area contributed by atoms with Crippen LogP contribution in [0, 0.1) is 0 Å². The summed E-state index contributed by atoms with van der Waals surface area (Å²) in [6.07, 6.45) is 2.13. The molecule has 1 aromatic rings. The minimum atomic E-state index is -0.457.